The van der Waals surface area contributed by atoms with Gasteiger partial charge in [-0.1, -0.05) is 18.2 Å². The van der Waals surface area contributed by atoms with Gasteiger partial charge in [0.2, 0.25) is 5.89 Å². The minimum Gasteiger partial charge on any atom is -0.466 e. The predicted molar refractivity (Wildman–Crippen MR) is 117 cm³/mol. The van der Waals surface area contributed by atoms with Crippen LogP contribution in [0.25, 0.3) is 11.5 Å². The monoisotopic (exact) mass is 480 g/mol. The van der Waals surface area contributed by atoms with Crippen LogP contribution in [0.1, 0.15) is 29.7 Å². The van der Waals surface area contributed by atoms with Crippen LogP contribution in [-0.2, 0) is 13.1 Å². The van der Waals surface area contributed by atoms with Crippen molar-refractivity contribution < 1.29 is 8.83 Å². The molecule has 2 heterocycles. The van der Waals surface area contributed by atoms with Crippen LogP contribution in [0.3, 0.4) is 0 Å². The van der Waals surface area contributed by atoms with E-state index in [-0.39, 0.29) is 24.0 Å². The summed E-state index contributed by atoms with van der Waals surface area (Å²) in [6.45, 7) is 7.81. The standard InChI is InChI=1S/C20H24N4O2.HI/c1-4-21-20(22-11-17-10-14(2)26-15(17)3)23-12-18-13-25-19(24-18)16-8-6-5-7-9-16;/h5-10,13H,4,11-12H2,1-3H3,(H2,21,22,23);1H. The smallest absolute Gasteiger partial charge is 0.226 e. The average molecular weight is 480 g/mol. The van der Waals surface area contributed by atoms with Crippen molar-refractivity contribution in [1.82, 2.24) is 15.6 Å². The lowest BCUT2D eigenvalue weighted by molar-refractivity contribution is 0.501. The Hall–Kier alpha value is -2.29. The maximum atomic E-state index is 5.57. The molecule has 0 saturated carbocycles. The van der Waals surface area contributed by atoms with E-state index in [1.807, 2.05) is 57.2 Å². The van der Waals surface area contributed by atoms with Crippen LogP contribution in [0, 0.1) is 13.8 Å². The van der Waals surface area contributed by atoms with Gasteiger partial charge in [0.1, 0.15) is 17.8 Å². The van der Waals surface area contributed by atoms with Gasteiger partial charge in [-0.25, -0.2) is 9.98 Å². The first kappa shape index (κ1) is 21.0. The van der Waals surface area contributed by atoms with Gasteiger partial charge in [0.15, 0.2) is 5.96 Å². The van der Waals surface area contributed by atoms with Crippen molar-refractivity contribution in [2.24, 2.45) is 4.99 Å². The van der Waals surface area contributed by atoms with E-state index in [4.69, 9.17) is 8.83 Å². The van der Waals surface area contributed by atoms with Gasteiger partial charge in [-0.3, -0.25) is 0 Å². The van der Waals surface area contributed by atoms with Crippen molar-refractivity contribution in [3.8, 4) is 11.5 Å². The zero-order valence-corrected chi connectivity index (χ0v) is 18.1. The number of oxazole rings is 1. The van der Waals surface area contributed by atoms with Crippen LogP contribution in [0.2, 0.25) is 0 Å². The first-order chi connectivity index (χ1) is 12.7. The molecule has 27 heavy (non-hydrogen) atoms. The Kier molecular flexibility index (Phi) is 7.90. The molecule has 2 N–H and O–H groups in total. The Bertz CT molecular complexity index is 871. The molecule has 0 aliphatic rings. The van der Waals surface area contributed by atoms with E-state index in [9.17, 15) is 0 Å². The summed E-state index contributed by atoms with van der Waals surface area (Å²) in [6.07, 6.45) is 1.67. The normalized spacial score (nSPS) is 11.1. The molecule has 0 fully saturated rings. The third-order valence-corrected chi connectivity index (χ3v) is 3.90. The molecule has 2 aromatic heterocycles. The van der Waals surface area contributed by atoms with E-state index in [0.717, 1.165) is 40.8 Å². The van der Waals surface area contributed by atoms with Gasteiger partial charge in [0.25, 0.3) is 0 Å². The number of nitrogens with zero attached hydrogens (tertiary/aromatic N) is 2. The lowest BCUT2D eigenvalue weighted by atomic mass is 10.2. The van der Waals surface area contributed by atoms with Gasteiger partial charge in [0, 0.05) is 17.7 Å². The quantitative estimate of drug-likeness (QED) is 0.310. The maximum Gasteiger partial charge on any atom is 0.226 e. The second-order valence-electron chi connectivity index (χ2n) is 6.00. The minimum atomic E-state index is 0. The van der Waals surface area contributed by atoms with E-state index in [1.54, 1.807) is 6.26 Å². The highest BCUT2D eigenvalue weighted by molar-refractivity contribution is 14.0. The van der Waals surface area contributed by atoms with Crippen LogP contribution in [0.4, 0.5) is 0 Å². The van der Waals surface area contributed by atoms with Crippen molar-refractivity contribution in [2.45, 2.75) is 33.9 Å². The van der Waals surface area contributed by atoms with Gasteiger partial charge >= 0.3 is 0 Å². The topological polar surface area (TPSA) is 75.6 Å². The molecule has 0 saturated heterocycles. The number of benzene rings is 1. The predicted octanol–water partition coefficient (Wildman–Crippen LogP) is 4.42. The highest BCUT2D eigenvalue weighted by atomic mass is 127. The number of aryl methyl sites for hydroxylation is 2. The van der Waals surface area contributed by atoms with E-state index in [1.165, 1.54) is 0 Å². The summed E-state index contributed by atoms with van der Waals surface area (Å²) in [7, 11) is 0. The lowest BCUT2D eigenvalue weighted by Gasteiger charge is -2.09. The third kappa shape index (κ3) is 5.85. The average Bonchev–Trinajstić information content (AvgIpc) is 3.24. The fourth-order valence-corrected chi connectivity index (χ4v) is 2.62. The number of guanidine groups is 1. The minimum absolute atomic E-state index is 0. The fourth-order valence-electron chi connectivity index (χ4n) is 2.62. The molecule has 144 valence electrons. The Morgan fingerprint density at radius 3 is 2.59 bits per heavy atom. The third-order valence-electron chi connectivity index (χ3n) is 3.90. The maximum absolute atomic E-state index is 5.57. The number of hydrogen-bond donors (Lipinski definition) is 2. The zero-order chi connectivity index (χ0) is 18.4. The van der Waals surface area contributed by atoms with Gasteiger partial charge < -0.3 is 19.5 Å². The summed E-state index contributed by atoms with van der Waals surface area (Å²) < 4.78 is 11.1. The lowest BCUT2D eigenvalue weighted by Crippen LogP contribution is -2.36. The highest BCUT2D eigenvalue weighted by Crippen LogP contribution is 2.18. The molecule has 0 radical (unpaired) electrons. The first-order valence-electron chi connectivity index (χ1n) is 8.73. The van der Waals surface area contributed by atoms with E-state index >= 15 is 0 Å². The molecule has 3 aromatic rings. The van der Waals surface area contributed by atoms with Gasteiger partial charge in [-0.15, -0.1) is 24.0 Å². The van der Waals surface area contributed by atoms with Crippen LogP contribution in [0.5, 0.6) is 0 Å². The van der Waals surface area contributed by atoms with Crippen molar-refractivity contribution >= 4 is 29.9 Å². The molecule has 3 rings (SSSR count). The molecule has 7 heteroatoms. The van der Waals surface area contributed by atoms with E-state index in [0.29, 0.717) is 19.0 Å². The molecule has 6 nitrogen and oxygen atoms in total. The first-order valence-corrected chi connectivity index (χ1v) is 8.73. The Morgan fingerprint density at radius 2 is 1.93 bits per heavy atom. The largest absolute Gasteiger partial charge is 0.466 e. The molecular formula is C20H25IN4O2. The van der Waals surface area contributed by atoms with Crippen molar-refractivity contribution in [3.63, 3.8) is 0 Å². The van der Waals surface area contributed by atoms with Crippen molar-refractivity contribution in [1.29, 1.82) is 0 Å². The Balaban J connectivity index is 0.00000261. The Labute approximate surface area is 176 Å². The van der Waals surface area contributed by atoms with E-state index < -0.39 is 0 Å². The van der Waals surface area contributed by atoms with Crippen molar-refractivity contribution in [2.75, 3.05) is 6.54 Å². The summed E-state index contributed by atoms with van der Waals surface area (Å²) in [5, 5.41) is 6.52. The van der Waals surface area contributed by atoms with E-state index in [2.05, 4.69) is 20.6 Å². The van der Waals surface area contributed by atoms with Crippen LogP contribution >= 0.6 is 24.0 Å². The number of hydrogen-bond acceptors (Lipinski definition) is 4. The summed E-state index contributed by atoms with van der Waals surface area (Å²) in [5.74, 6) is 3.16. The number of aromatic nitrogens is 1. The number of rotatable bonds is 6. The summed E-state index contributed by atoms with van der Waals surface area (Å²) in [6, 6.07) is 11.9. The Morgan fingerprint density at radius 1 is 1.15 bits per heavy atom. The van der Waals surface area contributed by atoms with Crippen LogP contribution < -0.4 is 10.6 Å². The number of halogens is 1. The summed E-state index contributed by atoms with van der Waals surface area (Å²) in [5.41, 5.74) is 2.88. The SMILES string of the molecule is CCNC(=NCc1cc(C)oc1C)NCc1coc(-c2ccccc2)n1.I. The molecule has 0 amide bonds. The van der Waals surface area contributed by atoms with Gasteiger partial charge in [-0.2, -0.15) is 0 Å². The molecule has 0 bridgehead atoms. The van der Waals surface area contributed by atoms with Crippen molar-refractivity contribution in [3.05, 3.63) is 65.4 Å². The molecular weight excluding hydrogens is 455 g/mol. The fraction of sp³-hybridized carbons (Fsp3) is 0.300. The highest BCUT2D eigenvalue weighted by Gasteiger charge is 2.08. The number of aliphatic imine (C=N–C) groups is 1. The second-order valence-corrected chi connectivity index (χ2v) is 6.00. The molecule has 0 aliphatic heterocycles. The zero-order valence-electron chi connectivity index (χ0n) is 15.8. The summed E-state index contributed by atoms with van der Waals surface area (Å²) >= 11 is 0. The van der Waals surface area contributed by atoms with Crippen LogP contribution in [-0.4, -0.2) is 17.5 Å². The molecule has 1 aromatic carbocycles. The van der Waals surface area contributed by atoms with Crippen LogP contribution in [0.15, 0.2) is 56.5 Å². The molecule has 0 aliphatic carbocycles. The van der Waals surface area contributed by atoms with Gasteiger partial charge in [0.05, 0.1) is 18.8 Å². The number of nitrogens with one attached hydrogen (secondary N) is 2. The molecule has 0 unspecified atom stereocenters. The molecule has 0 atom stereocenters. The number of furan rings is 1. The molecule has 0 spiro atoms. The van der Waals surface area contributed by atoms with Gasteiger partial charge in [-0.05, 0) is 39.0 Å². The summed E-state index contributed by atoms with van der Waals surface area (Å²) in [4.78, 5) is 9.14. The second kappa shape index (κ2) is 10.1.